The van der Waals surface area contributed by atoms with Crippen LogP contribution in [0.15, 0.2) is 41.8 Å². The van der Waals surface area contributed by atoms with Gasteiger partial charge in [0, 0.05) is 4.88 Å². The number of carbonyl (C=O) groups excluding carboxylic acids is 2. The predicted molar refractivity (Wildman–Crippen MR) is 93.7 cm³/mol. The molecule has 7 heteroatoms. The molecule has 1 saturated carbocycles. The number of benzene rings is 1. The number of nitriles is 1. The fourth-order valence-corrected chi connectivity index (χ4v) is 3.59. The van der Waals surface area contributed by atoms with Crippen molar-refractivity contribution < 1.29 is 14.7 Å². The van der Waals surface area contributed by atoms with Gasteiger partial charge in [0.1, 0.15) is 11.7 Å². The molecule has 1 aromatic heterocycles. The van der Waals surface area contributed by atoms with Gasteiger partial charge in [0.25, 0.3) is 0 Å². The van der Waals surface area contributed by atoms with Crippen LogP contribution in [0.5, 0.6) is 0 Å². The summed E-state index contributed by atoms with van der Waals surface area (Å²) in [6.45, 7) is -0.0235. The Morgan fingerprint density at radius 3 is 2.64 bits per heavy atom. The Balaban J connectivity index is 1.64. The smallest absolute Gasteiger partial charge is 0.313 e. The summed E-state index contributed by atoms with van der Waals surface area (Å²) in [6, 6.07) is 12.1. The third-order valence-electron chi connectivity index (χ3n) is 4.22. The Morgan fingerprint density at radius 2 is 2.00 bits per heavy atom. The number of hydrogen-bond donors (Lipinski definition) is 3. The molecule has 3 N–H and O–H groups in total. The highest BCUT2D eigenvalue weighted by Crippen LogP contribution is 2.46. The van der Waals surface area contributed by atoms with E-state index in [2.05, 4.69) is 10.6 Å². The summed E-state index contributed by atoms with van der Waals surface area (Å²) in [7, 11) is 0. The van der Waals surface area contributed by atoms with E-state index in [-0.39, 0.29) is 23.7 Å². The molecule has 0 radical (unpaired) electrons. The third kappa shape index (κ3) is 3.71. The Bertz CT molecular complexity index is 824. The van der Waals surface area contributed by atoms with Crippen LogP contribution in [-0.2, 0) is 15.2 Å². The van der Waals surface area contributed by atoms with E-state index in [9.17, 15) is 14.7 Å². The molecule has 1 aliphatic carbocycles. The molecule has 0 bridgehead atoms. The van der Waals surface area contributed by atoms with Gasteiger partial charge in [-0.05, 0) is 42.3 Å². The van der Waals surface area contributed by atoms with Crippen molar-refractivity contribution in [3.8, 4) is 6.07 Å². The molecule has 128 valence electrons. The average Bonchev–Trinajstić information content (AvgIpc) is 3.34. The monoisotopic (exact) mass is 355 g/mol. The largest absolute Gasteiger partial charge is 0.382 e. The minimum atomic E-state index is -1.14. The van der Waals surface area contributed by atoms with E-state index in [4.69, 9.17) is 5.26 Å². The number of thiophene rings is 1. The summed E-state index contributed by atoms with van der Waals surface area (Å²) >= 11 is 1.43. The van der Waals surface area contributed by atoms with E-state index in [1.165, 1.54) is 11.3 Å². The summed E-state index contributed by atoms with van der Waals surface area (Å²) in [4.78, 5) is 24.9. The van der Waals surface area contributed by atoms with Gasteiger partial charge < -0.3 is 15.7 Å². The second-order valence-electron chi connectivity index (χ2n) is 5.97. The van der Waals surface area contributed by atoms with Crippen molar-refractivity contribution in [3.63, 3.8) is 0 Å². The molecule has 2 aromatic rings. The Labute approximate surface area is 149 Å². The summed E-state index contributed by atoms with van der Waals surface area (Å²) in [5.41, 5.74) is -0.591. The number of amides is 2. The van der Waals surface area contributed by atoms with Gasteiger partial charge in [-0.3, -0.25) is 9.59 Å². The van der Waals surface area contributed by atoms with E-state index in [1.54, 1.807) is 24.3 Å². The van der Waals surface area contributed by atoms with Gasteiger partial charge >= 0.3 is 11.8 Å². The molecule has 1 unspecified atom stereocenters. The normalized spacial score (nSPS) is 15.7. The number of nitrogens with zero attached hydrogens (tertiary/aromatic N) is 1. The number of rotatable bonds is 5. The highest BCUT2D eigenvalue weighted by atomic mass is 32.1. The average molecular weight is 355 g/mol. The Kier molecular flexibility index (Phi) is 4.83. The molecule has 0 saturated heterocycles. The minimum absolute atomic E-state index is 0.0235. The van der Waals surface area contributed by atoms with Crippen LogP contribution in [0.4, 0.5) is 5.69 Å². The molecule has 1 atom stereocenters. The van der Waals surface area contributed by atoms with Crippen LogP contribution in [0.2, 0.25) is 0 Å². The van der Waals surface area contributed by atoms with E-state index in [0.29, 0.717) is 0 Å². The van der Waals surface area contributed by atoms with Crippen molar-refractivity contribution in [1.82, 2.24) is 5.32 Å². The van der Waals surface area contributed by atoms with Crippen molar-refractivity contribution in [2.24, 2.45) is 5.92 Å². The van der Waals surface area contributed by atoms with E-state index in [1.807, 2.05) is 23.6 Å². The lowest BCUT2D eigenvalue weighted by Crippen LogP contribution is -2.45. The van der Waals surface area contributed by atoms with Crippen molar-refractivity contribution in [1.29, 1.82) is 5.26 Å². The molecule has 1 heterocycles. The number of hydrogen-bond acceptors (Lipinski definition) is 5. The standard InChI is InChI=1S/C18H17N3O3S/c19-10-12-4-1-2-5-14(12)21-17(23)16(22)20-11-18(24,13-7-8-13)15-6-3-9-25-15/h1-6,9,13,24H,7-8,11H2,(H,20,22)(H,21,23). The van der Waals surface area contributed by atoms with E-state index >= 15 is 0 Å². The van der Waals surface area contributed by atoms with Crippen molar-refractivity contribution >= 4 is 28.8 Å². The van der Waals surface area contributed by atoms with Gasteiger partial charge in [0.05, 0.1) is 17.8 Å². The quantitative estimate of drug-likeness (QED) is 0.714. The van der Waals surface area contributed by atoms with Crippen LogP contribution in [0.25, 0.3) is 0 Å². The second-order valence-corrected chi connectivity index (χ2v) is 6.92. The van der Waals surface area contributed by atoms with Crippen LogP contribution in [0.1, 0.15) is 23.3 Å². The first kappa shape index (κ1) is 17.1. The molecule has 6 nitrogen and oxygen atoms in total. The maximum atomic E-state index is 12.1. The molecule has 0 aliphatic heterocycles. The summed E-state index contributed by atoms with van der Waals surface area (Å²) < 4.78 is 0. The number of anilines is 1. The second kappa shape index (κ2) is 7.05. The van der Waals surface area contributed by atoms with Crippen LogP contribution in [-0.4, -0.2) is 23.5 Å². The Morgan fingerprint density at radius 1 is 1.24 bits per heavy atom. The van der Waals surface area contributed by atoms with Gasteiger partial charge in [-0.2, -0.15) is 5.26 Å². The molecular formula is C18H17N3O3S. The molecule has 0 spiro atoms. The first-order valence-corrected chi connectivity index (χ1v) is 8.77. The zero-order chi connectivity index (χ0) is 17.9. The lowest BCUT2D eigenvalue weighted by molar-refractivity contribution is -0.137. The van der Waals surface area contributed by atoms with Crippen LogP contribution in [0, 0.1) is 17.2 Å². The molecule has 1 fully saturated rings. The van der Waals surface area contributed by atoms with Gasteiger partial charge in [0.15, 0.2) is 0 Å². The Hall–Kier alpha value is -2.69. The fraction of sp³-hybridized carbons (Fsp3) is 0.278. The van der Waals surface area contributed by atoms with Crippen LogP contribution < -0.4 is 10.6 Å². The number of aliphatic hydroxyl groups is 1. The molecule has 3 rings (SSSR count). The van der Waals surface area contributed by atoms with Crippen molar-refractivity contribution in [2.45, 2.75) is 18.4 Å². The molecule has 1 aromatic carbocycles. The number of para-hydroxylation sites is 1. The van der Waals surface area contributed by atoms with E-state index < -0.39 is 17.4 Å². The maximum absolute atomic E-state index is 12.1. The zero-order valence-electron chi connectivity index (χ0n) is 13.4. The number of nitrogens with one attached hydrogen (secondary N) is 2. The summed E-state index contributed by atoms with van der Waals surface area (Å²) in [5, 5.41) is 26.8. The van der Waals surface area contributed by atoms with Crippen molar-refractivity contribution in [3.05, 3.63) is 52.2 Å². The molecule has 25 heavy (non-hydrogen) atoms. The lowest BCUT2D eigenvalue weighted by Gasteiger charge is -2.27. The minimum Gasteiger partial charge on any atom is -0.382 e. The van der Waals surface area contributed by atoms with E-state index in [0.717, 1.165) is 17.7 Å². The van der Waals surface area contributed by atoms with Gasteiger partial charge in [-0.1, -0.05) is 18.2 Å². The van der Waals surface area contributed by atoms with Crippen LogP contribution >= 0.6 is 11.3 Å². The third-order valence-corrected chi connectivity index (χ3v) is 5.26. The van der Waals surface area contributed by atoms with Gasteiger partial charge in [0.2, 0.25) is 0 Å². The van der Waals surface area contributed by atoms with Crippen LogP contribution in [0.3, 0.4) is 0 Å². The van der Waals surface area contributed by atoms with Crippen molar-refractivity contribution in [2.75, 3.05) is 11.9 Å². The zero-order valence-corrected chi connectivity index (χ0v) is 14.2. The summed E-state index contributed by atoms with van der Waals surface area (Å²) in [5.74, 6) is -1.62. The molecule has 2 amide bonds. The first-order chi connectivity index (χ1) is 12.0. The molecule has 1 aliphatic rings. The highest BCUT2D eigenvalue weighted by Gasteiger charge is 2.46. The molecular weight excluding hydrogens is 338 g/mol. The predicted octanol–water partition coefficient (Wildman–Crippen LogP) is 1.97. The SMILES string of the molecule is N#Cc1ccccc1NC(=O)C(=O)NCC(O)(c1cccs1)C1CC1. The number of carbonyl (C=O) groups is 2. The lowest BCUT2D eigenvalue weighted by atomic mass is 9.95. The van der Waals surface area contributed by atoms with Gasteiger partial charge in [-0.25, -0.2) is 0 Å². The fourth-order valence-electron chi connectivity index (χ4n) is 2.68. The summed E-state index contributed by atoms with van der Waals surface area (Å²) in [6.07, 6.45) is 1.79. The topological polar surface area (TPSA) is 102 Å². The van der Waals surface area contributed by atoms with Gasteiger partial charge in [-0.15, -0.1) is 11.3 Å². The highest BCUT2D eigenvalue weighted by molar-refractivity contribution is 7.10. The maximum Gasteiger partial charge on any atom is 0.313 e. The first-order valence-electron chi connectivity index (χ1n) is 7.89.